The molecule has 0 bridgehead atoms. The van der Waals surface area contributed by atoms with Crippen LogP contribution in [0.5, 0.6) is 0 Å². The second kappa shape index (κ2) is 4.58. The van der Waals surface area contributed by atoms with Crippen LogP contribution < -0.4 is 5.32 Å². The van der Waals surface area contributed by atoms with Crippen LogP contribution in [0.1, 0.15) is 20.8 Å². The zero-order valence-electron chi connectivity index (χ0n) is 8.37. The van der Waals surface area contributed by atoms with Gasteiger partial charge in [-0.1, -0.05) is 0 Å². The van der Waals surface area contributed by atoms with Gasteiger partial charge in [0.2, 0.25) is 0 Å². The molecule has 1 fully saturated rings. The zero-order chi connectivity index (χ0) is 9.84. The Hall–Kier alpha value is -0.610. The van der Waals surface area contributed by atoms with E-state index in [9.17, 15) is 4.79 Å². The molecule has 0 aromatic rings. The zero-order valence-corrected chi connectivity index (χ0v) is 8.37. The number of hydrogen-bond acceptors (Lipinski definition) is 4. The SMILES string of the molecule is CCOC(=O)C1NC[C@H](C)O[C@H]1C. The van der Waals surface area contributed by atoms with Gasteiger partial charge in [-0.15, -0.1) is 0 Å². The molecule has 0 aromatic carbocycles. The number of hydrogen-bond donors (Lipinski definition) is 1. The highest BCUT2D eigenvalue weighted by atomic mass is 16.5. The predicted octanol–water partition coefficient (Wildman–Crippen LogP) is 0.315. The number of rotatable bonds is 2. The van der Waals surface area contributed by atoms with Crippen molar-refractivity contribution >= 4 is 5.97 Å². The van der Waals surface area contributed by atoms with Gasteiger partial charge in [0.15, 0.2) is 0 Å². The standard InChI is InChI=1S/C9H17NO3/c1-4-12-9(11)8-7(3)13-6(2)5-10-8/h6-8,10H,4-5H2,1-3H3/t6-,7-,8?/m0/s1. The molecule has 1 heterocycles. The summed E-state index contributed by atoms with van der Waals surface area (Å²) in [6.07, 6.45) is 0.0588. The van der Waals surface area contributed by atoms with Crippen molar-refractivity contribution in [3.63, 3.8) is 0 Å². The Morgan fingerprint density at radius 2 is 2.31 bits per heavy atom. The highest BCUT2D eigenvalue weighted by Gasteiger charge is 2.31. The van der Waals surface area contributed by atoms with Gasteiger partial charge >= 0.3 is 5.97 Å². The molecular formula is C9H17NO3. The molecule has 76 valence electrons. The van der Waals surface area contributed by atoms with E-state index in [2.05, 4.69) is 5.32 Å². The van der Waals surface area contributed by atoms with Crippen LogP contribution in [-0.2, 0) is 14.3 Å². The van der Waals surface area contributed by atoms with Gasteiger partial charge in [-0.25, -0.2) is 0 Å². The third-order valence-electron chi connectivity index (χ3n) is 2.08. The van der Waals surface area contributed by atoms with Crippen LogP contribution in [0.4, 0.5) is 0 Å². The molecule has 0 aromatic heterocycles. The first-order valence-electron chi connectivity index (χ1n) is 4.70. The summed E-state index contributed by atoms with van der Waals surface area (Å²) in [7, 11) is 0. The van der Waals surface area contributed by atoms with E-state index in [1.54, 1.807) is 6.92 Å². The van der Waals surface area contributed by atoms with Crippen LogP contribution in [0.2, 0.25) is 0 Å². The number of carbonyl (C=O) groups is 1. The van der Waals surface area contributed by atoms with Gasteiger partial charge in [0.25, 0.3) is 0 Å². The molecule has 1 aliphatic heterocycles. The Bertz CT molecular complexity index is 184. The first-order chi connectivity index (χ1) is 6.15. The number of ether oxygens (including phenoxy) is 2. The quantitative estimate of drug-likeness (QED) is 0.632. The molecule has 13 heavy (non-hydrogen) atoms. The predicted molar refractivity (Wildman–Crippen MR) is 48.4 cm³/mol. The molecule has 1 rings (SSSR count). The number of esters is 1. The molecule has 0 amide bonds. The number of nitrogens with one attached hydrogen (secondary N) is 1. The van der Waals surface area contributed by atoms with Crippen LogP contribution in [0.25, 0.3) is 0 Å². The van der Waals surface area contributed by atoms with Crippen molar-refractivity contribution in [1.29, 1.82) is 0 Å². The minimum absolute atomic E-state index is 0.109. The lowest BCUT2D eigenvalue weighted by Crippen LogP contribution is -2.54. The summed E-state index contributed by atoms with van der Waals surface area (Å²) in [6.45, 7) is 6.77. The molecule has 0 spiro atoms. The van der Waals surface area contributed by atoms with Crippen LogP contribution >= 0.6 is 0 Å². The normalized spacial score (nSPS) is 34.2. The minimum Gasteiger partial charge on any atom is -0.465 e. The van der Waals surface area contributed by atoms with Gasteiger partial charge in [-0.2, -0.15) is 0 Å². The monoisotopic (exact) mass is 187 g/mol. The average molecular weight is 187 g/mol. The Morgan fingerprint density at radius 1 is 1.62 bits per heavy atom. The van der Waals surface area contributed by atoms with Crippen LogP contribution in [0, 0.1) is 0 Å². The third kappa shape index (κ3) is 2.67. The van der Waals surface area contributed by atoms with Crippen molar-refractivity contribution in [1.82, 2.24) is 5.32 Å². The lowest BCUT2D eigenvalue weighted by Gasteiger charge is -2.32. The second-order valence-electron chi connectivity index (χ2n) is 3.29. The van der Waals surface area contributed by atoms with E-state index >= 15 is 0 Å². The van der Waals surface area contributed by atoms with Crippen molar-refractivity contribution in [2.45, 2.75) is 39.0 Å². The van der Waals surface area contributed by atoms with E-state index in [0.717, 1.165) is 0 Å². The summed E-state index contributed by atoms with van der Waals surface area (Å²) in [5, 5.41) is 3.10. The third-order valence-corrected chi connectivity index (χ3v) is 2.08. The van der Waals surface area contributed by atoms with E-state index in [1.807, 2.05) is 13.8 Å². The Kier molecular flexibility index (Phi) is 3.69. The Morgan fingerprint density at radius 3 is 2.85 bits per heavy atom. The topological polar surface area (TPSA) is 47.6 Å². The van der Waals surface area contributed by atoms with Gasteiger partial charge in [0.05, 0.1) is 18.8 Å². The minimum atomic E-state index is -0.309. The van der Waals surface area contributed by atoms with E-state index in [-0.39, 0.29) is 24.2 Å². The molecule has 1 unspecified atom stereocenters. The van der Waals surface area contributed by atoms with Gasteiger partial charge in [0.1, 0.15) is 6.04 Å². The molecule has 4 heteroatoms. The summed E-state index contributed by atoms with van der Waals surface area (Å²) < 4.78 is 10.4. The summed E-state index contributed by atoms with van der Waals surface area (Å²) in [5.41, 5.74) is 0. The van der Waals surface area contributed by atoms with Crippen molar-refractivity contribution < 1.29 is 14.3 Å². The lowest BCUT2D eigenvalue weighted by molar-refractivity contribution is -0.154. The number of morpholine rings is 1. The average Bonchev–Trinajstić information content (AvgIpc) is 2.04. The molecule has 1 saturated heterocycles. The fraction of sp³-hybridized carbons (Fsp3) is 0.889. The first kappa shape index (κ1) is 10.5. The highest BCUT2D eigenvalue weighted by molar-refractivity contribution is 5.76. The second-order valence-corrected chi connectivity index (χ2v) is 3.29. The Balaban J connectivity index is 2.45. The molecule has 0 aliphatic carbocycles. The Labute approximate surface area is 78.6 Å². The highest BCUT2D eigenvalue weighted by Crippen LogP contribution is 2.10. The van der Waals surface area contributed by atoms with Gasteiger partial charge in [0, 0.05) is 6.54 Å². The van der Waals surface area contributed by atoms with Crippen molar-refractivity contribution in [3.05, 3.63) is 0 Å². The van der Waals surface area contributed by atoms with Crippen molar-refractivity contribution in [2.24, 2.45) is 0 Å². The van der Waals surface area contributed by atoms with Gasteiger partial charge in [-0.05, 0) is 20.8 Å². The van der Waals surface area contributed by atoms with E-state index in [0.29, 0.717) is 13.2 Å². The van der Waals surface area contributed by atoms with Gasteiger partial charge in [-0.3, -0.25) is 10.1 Å². The fourth-order valence-electron chi connectivity index (χ4n) is 1.46. The maximum atomic E-state index is 11.4. The maximum Gasteiger partial charge on any atom is 0.325 e. The summed E-state index contributed by atoms with van der Waals surface area (Å²) in [6, 6.07) is -0.309. The summed E-state index contributed by atoms with van der Waals surface area (Å²) in [5.74, 6) is -0.220. The van der Waals surface area contributed by atoms with E-state index in [1.165, 1.54) is 0 Å². The van der Waals surface area contributed by atoms with Crippen LogP contribution in [0.3, 0.4) is 0 Å². The summed E-state index contributed by atoms with van der Waals surface area (Å²) >= 11 is 0. The number of carbonyl (C=O) groups excluding carboxylic acids is 1. The maximum absolute atomic E-state index is 11.4. The van der Waals surface area contributed by atoms with E-state index in [4.69, 9.17) is 9.47 Å². The molecule has 1 aliphatic rings. The summed E-state index contributed by atoms with van der Waals surface area (Å²) in [4.78, 5) is 11.4. The molecule has 3 atom stereocenters. The first-order valence-corrected chi connectivity index (χ1v) is 4.70. The van der Waals surface area contributed by atoms with Gasteiger partial charge < -0.3 is 9.47 Å². The molecule has 1 N–H and O–H groups in total. The fourth-order valence-corrected chi connectivity index (χ4v) is 1.46. The van der Waals surface area contributed by atoms with Crippen LogP contribution in [0.15, 0.2) is 0 Å². The van der Waals surface area contributed by atoms with Crippen molar-refractivity contribution in [2.75, 3.05) is 13.2 Å². The van der Waals surface area contributed by atoms with Crippen LogP contribution in [-0.4, -0.2) is 37.4 Å². The smallest absolute Gasteiger partial charge is 0.325 e. The largest absolute Gasteiger partial charge is 0.465 e. The molecular weight excluding hydrogens is 170 g/mol. The lowest BCUT2D eigenvalue weighted by atomic mass is 10.1. The molecule has 4 nitrogen and oxygen atoms in total. The molecule has 0 saturated carbocycles. The molecule has 0 radical (unpaired) electrons. The van der Waals surface area contributed by atoms with E-state index < -0.39 is 0 Å². The van der Waals surface area contributed by atoms with Crippen molar-refractivity contribution in [3.8, 4) is 0 Å².